The van der Waals surface area contributed by atoms with Gasteiger partial charge < -0.3 is 10.2 Å². The van der Waals surface area contributed by atoms with E-state index < -0.39 is 0 Å². The van der Waals surface area contributed by atoms with Crippen molar-refractivity contribution in [1.29, 1.82) is 0 Å². The Bertz CT molecular complexity index is 468. The van der Waals surface area contributed by atoms with Gasteiger partial charge in [-0.05, 0) is 31.9 Å². The topological polar surface area (TPSA) is 35.6 Å². The van der Waals surface area contributed by atoms with Crippen LogP contribution in [0.4, 0.5) is 0 Å². The summed E-state index contributed by atoms with van der Waals surface area (Å²) in [6, 6.07) is 11.1. The number of carbonyl (C=O) groups excluding carboxylic acids is 1. The highest BCUT2D eigenvalue weighted by atomic mass is 16.2. The fourth-order valence-electron chi connectivity index (χ4n) is 3.56. The molecule has 2 heterocycles. The molecule has 1 unspecified atom stereocenters. The monoisotopic (exact) mass is 287 g/mol. The number of piperidine rings is 1. The Morgan fingerprint density at radius 3 is 2.43 bits per heavy atom. The third kappa shape index (κ3) is 3.27. The van der Waals surface area contributed by atoms with Crippen LogP contribution in [0, 0.1) is 0 Å². The molecule has 3 rings (SSSR count). The molecule has 4 nitrogen and oxygen atoms in total. The van der Waals surface area contributed by atoms with Gasteiger partial charge in [-0.1, -0.05) is 30.3 Å². The summed E-state index contributed by atoms with van der Waals surface area (Å²) in [5, 5.41) is 3.12. The largest absolute Gasteiger partial charge is 0.338 e. The highest BCUT2D eigenvalue weighted by Gasteiger charge is 2.36. The van der Waals surface area contributed by atoms with E-state index in [-0.39, 0.29) is 6.04 Å². The zero-order chi connectivity index (χ0) is 14.7. The van der Waals surface area contributed by atoms with Gasteiger partial charge in [-0.25, -0.2) is 0 Å². The molecule has 4 heteroatoms. The average Bonchev–Trinajstić information content (AvgIpc) is 2.90. The van der Waals surface area contributed by atoms with Crippen LogP contribution in [0.5, 0.6) is 0 Å². The number of hydrogen-bond acceptors (Lipinski definition) is 3. The number of benzene rings is 1. The van der Waals surface area contributed by atoms with Crippen LogP contribution in [0.15, 0.2) is 30.3 Å². The first-order valence-electron chi connectivity index (χ1n) is 8.02. The molecule has 0 radical (unpaired) electrons. The molecule has 2 aliphatic heterocycles. The summed E-state index contributed by atoms with van der Waals surface area (Å²) in [5.41, 5.74) is 1.38. The Kier molecular flexibility index (Phi) is 4.56. The molecule has 1 atom stereocenters. The molecule has 21 heavy (non-hydrogen) atoms. The van der Waals surface area contributed by atoms with E-state index in [4.69, 9.17) is 0 Å². The lowest BCUT2D eigenvalue weighted by Gasteiger charge is -2.36. The van der Waals surface area contributed by atoms with Crippen molar-refractivity contribution in [3.63, 3.8) is 0 Å². The molecule has 1 aromatic rings. The minimum Gasteiger partial charge on any atom is -0.338 e. The second kappa shape index (κ2) is 6.58. The van der Waals surface area contributed by atoms with Gasteiger partial charge in [0.2, 0.25) is 5.91 Å². The minimum absolute atomic E-state index is 0.0485. The molecule has 2 fully saturated rings. The molecule has 0 bridgehead atoms. The van der Waals surface area contributed by atoms with Crippen molar-refractivity contribution in [2.24, 2.45) is 0 Å². The van der Waals surface area contributed by atoms with Gasteiger partial charge in [0.1, 0.15) is 0 Å². The molecule has 2 aliphatic rings. The SMILES string of the molecule is CNC1CCN(C2CCN(Cc3ccccc3)CC2)C1=O. The Labute approximate surface area is 127 Å². The summed E-state index contributed by atoms with van der Waals surface area (Å²) in [4.78, 5) is 16.9. The molecule has 1 N–H and O–H groups in total. The van der Waals surface area contributed by atoms with Gasteiger partial charge in [-0.3, -0.25) is 9.69 Å². The summed E-state index contributed by atoms with van der Waals surface area (Å²) in [6.45, 7) is 4.13. The molecule has 1 aromatic carbocycles. The number of hydrogen-bond donors (Lipinski definition) is 1. The van der Waals surface area contributed by atoms with E-state index in [0.29, 0.717) is 11.9 Å². The smallest absolute Gasteiger partial charge is 0.240 e. The number of rotatable bonds is 4. The van der Waals surface area contributed by atoms with Crippen LogP contribution in [0.2, 0.25) is 0 Å². The highest BCUT2D eigenvalue weighted by molar-refractivity contribution is 5.84. The first kappa shape index (κ1) is 14.5. The fraction of sp³-hybridized carbons (Fsp3) is 0.588. The molecular formula is C17H25N3O. The number of likely N-dealkylation sites (tertiary alicyclic amines) is 2. The standard InChI is InChI=1S/C17H25N3O/c1-18-16-9-12-20(17(16)21)15-7-10-19(11-8-15)13-14-5-3-2-4-6-14/h2-6,15-16,18H,7-13H2,1H3. The van der Waals surface area contributed by atoms with Gasteiger partial charge in [0.25, 0.3) is 0 Å². The van der Waals surface area contributed by atoms with Gasteiger partial charge >= 0.3 is 0 Å². The van der Waals surface area contributed by atoms with Gasteiger partial charge in [0.15, 0.2) is 0 Å². The molecule has 2 saturated heterocycles. The summed E-state index contributed by atoms with van der Waals surface area (Å²) < 4.78 is 0. The van der Waals surface area contributed by atoms with Crippen molar-refractivity contribution in [1.82, 2.24) is 15.1 Å². The lowest BCUT2D eigenvalue weighted by Crippen LogP contribution is -2.47. The second-order valence-corrected chi connectivity index (χ2v) is 6.15. The van der Waals surface area contributed by atoms with Crippen LogP contribution in [0.25, 0.3) is 0 Å². The molecule has 0 aromatic heterocycles. The van der Waals surface area contributed by atoms with E-state index in [1.54, 1.807) is 0 Å². The van der Waals surface area contributed by atoms with Gasteiger partial charge in [0, 0.05) is 32.2 Å². The third-order valence-electron chi connectivity index (χ3n) is 4.84. The zero-order valence-electron chi connectivity index (χ0n) is 12.8. The van der Waals surface area contributed by atoms with Crippen LogP contribution in [0.3, 0.4) is 0 Å². The number of carbonyl (C=O) groups is 1. The quantitative estimate of drug-likeness (QED) is 0.911. The Hall–Kier alpha value is -1.39. The Morgan fingerprint density at radius 2 is 1.81 bits per heavy atom. The van der Waals surface area contributed by atoms with Crippen LogP contribution >= 0.6 is 0 Å². The Morgan fingerprint density at radius 1 is 1.10 bits per heavy atom. The third-order valence-corrected chi connectivity index (χ3v) is 4.84. The van der Waals surface area contributed by atoms with Crippen molar-refractivity contribution < 1.29 is 4.79 Å². The van der Waals surface area contributed by atoms with E-state index in [1.807, 2.05) is 7.05 Å². The van der Waals surface area contributed by atoms with Crippen LogP contribution in [0.1, 0.15) is 24.8 Å². The minimum atomic E-state index is 0.0485. The first-order chi connectivity index (χ1) is 10.3. The molecule has 0 spiro atoms. The van der Waals surface area contributed by atoms with Crippen molar-refractivity contribution >= 4 is 5.91 Å². The van der Waals surface area contributed by atoms with Gasteiger partial charge in [-0.15, -0.1) is 0 Å². The van der Waals surface area contributed by atoms with E-state index in [9.17, 15) is 4.79 Å². The molecule has 0 aliphatic carbocycles. The fourth-order valence-corrected chi connectivity index (χ4v) is 3.56. The summed E-state index contributed by atoms with van der Waals surface area (Å²) in [5.74, 6) is 0.305. The van der Waals surface area contributed by atoms with Crippen LogP contribution in [-0.4, -0.2) is 54.5 Å². The maximum Gasteiger partial charge on any atom is 0.240 e. The van der Waals surface area contributed by atoms with Gasteiger partial charge in [-0.2, -0.15) is 0 Å². The van der Waals surface area contributed by atoms with Crippen molar-refractivity contribution in [2.45, 2.75) is 37.9 Å². The normalized spacial score (nSPS) is 24.7. The number of nitrogens with one attached hydrogen (secondary N) is 1. The number of amides is 1. The van der Waals surface area contributed by atoms with Crippen LogP contribution < -0.4 is 5.32 Å². The Balaban J connectivity index is 1.50. The van der Waals surface area contributed by atoms with Crippen molar-refractivity contribution in [3.8, 4) is 0 Å². The van der Waals surface area contributed by atoms with Crippen molar-refractivity contribution in [2.75, 3.05) is 26.7 Å². The number of likely N-dealkylation sites (N-methyl/N-ethyl adjacent to an activating group) is 1. The molecule has 1 amide bonds. The number of nitrogens with zero attached hydrogens (tertiary/aromatic N) is 2. The first-order valence-corrected chi connectivity index (χ1v) is 8.02. The maximum atomic E-state index is 12.3. The highest BCUT2D eigenvalue weighted by Crippen LogP contribution is 2.23. The maximum absolute atomic E-state index is 12.3. The van der Waals surface area contributed by atoms with Gasteiger partial charge in [0.05, 0.1) is 6.04 Å². The summed E-state index contributed by atoms with van der Waals surface area (Å²) in [7, 11) is 1.88. The van der Waals surface area contributed by atoms with E-state index >= 15 is 0 Å². The summed E-state index contributed by atoms with van der Waals surface area (Å²) in [6.07, 6.45) is 3.17. The van der Waals surface area contributed by atoms with E-state index in [2.05, 4.69) is 45.4 Å². The predicted octanol–water partition coefficient (Wildman–Crippen LogP) is 1.47. The molecular weight excluding hydrogens is 262 g/mol. The molecule has 0 saturated carbocycles. The van der Waals surface area contributed by atoms with E-state index in [1.165, 1.54) is 5.56 Å². The second-order valence-electron chi connectivity index (χ2n) is 6.15. The predicted molar refractivity (Wildman–Crippen MR) is 83.9 cm³/mol. The lowest BCUT2D eigenvalue weighted by molar-refractivity contribution is -0.132. The zero-order valence-corrected chi connectivity index (χ0v) is 12.8. The van der Waals surface area contributed by atoms with Crippen molar-refractivity contribution in [3.05, 3.63) is 35.9 Å². The average molecular weight is 287 g/mol. The lowest BCUT2D eigenvalue weighted by atomic mass is 10.0. The van der Waals surface area contributed by atoms with E-state index in [0.717, 1.165) is 45.4 Å². The molecule has 114 valence electrons. The van der Waals surface area contributed by atoms with Crippen LogP contribution in [-0.2, 0) is 11.3 Å². The summed E-state index contributed by atoms with van der Waals surface area (Å²) >= 11 is 0.